The SMILES string of the molecule is COc1ccc(Cl)cc1C(=O)CCCBr. The van der Waals surface area contributed by atoms with Crippen LogP contribution in [-0.4, -0.2) is 18.2 Å². The molecule has 0 amide bonds. The molecular formula is C11H12BrClO2. The van der Waals surface area contributed by atoms with Crippen molar-refractivity contribution in [2.75, 3.05) is 12.4 Å². The highest BCUT2D eigenvalue weighted by Gasteiger charge is 2.12. The minimum Gasteiger partial charge on any atom is -0.496 e. The Balaban J connectivity index is 2.90. The number of ether oxygens (including phenoxy) is 1. The lowest BCUT2D eigenvalue weighted by Crippen LogP contribution is -2.02. The van der Waals surface area contributed by atoms with Gasteiger partial charge in [-0.15, -0.1) is 0 Å². The third-order valence-corrected chi connectivity index (χ3v) is 2.80. The molecule has 0 fully saturated rings. The zero-order chi connectivity index (χ0) is 11.3. The summed E-state index contributed by atoms with van der Waals surface area (Å²) in [6, 6.07) is 5.07. The molecule has 0 bridgehead atoms. The van der Waals surface area contributed by atoms with Crippen LogP contribution in [0.5, 0.6) is 5.75 Å². The molecule has 0 saturated carbocycles. The fraction of sp³-hybridized carbons (Fsp3) is 0.364. The third-order valence-electron chi connectivity index (χ3n) is 2.00. The van der Waals surface area contributed by atoms with Crippen molar-refractivity contribution in [3.63, 3.8) is 0 Å². The van der Waals surface area contributed by atoms with E-state index in [4.69, 9.17) is 16.3 Å². The highest BCUT2D eigenvalue weighted by atomic mass is 79.9. The van der Waals surface area contributed by atoms with Gasteiger partial charge in [0.25, 0.3) is 0 Å². The van der Waals surface area contributed by atoms with E-state index in [-0.39, 0.29) is 5.78 Å². The van der Waals surface area contributed by atoms with E-state index in [2.05, 4.69) is 15.9 Å². The standard InChI is InChI=1S/C11H12BrClO2/c1-15-11-5-4-8(13)7-9(11)10(14)3-2-6-12/h4-5,7H,2-3,6H2,1H3. The normalized spacial score (nSPS) is 10.1. The Bertz CT molecular complexity index is 352. The van der Waals surface area contributed by atoms with Gasteiger partial charge in [-0.3, -0.25) is 4.79 Å². The summed E-state index contributed by atoms with van der Waals surface area (Å²) in [4.78, 5) is 11.8. The molecule has 82 valence electrons. The van der Waals surface area contributed by atoms with Crippen LogP contribution in [0.3, 0.4) is 0 Å². The molecule has 1 aromatic carbocycles. The molecule has 2 nitrogen and oxygen atoms in total. The minimum atomic E-state index is 0.0637. The maximum absolute atomic E-state index is 11.8. The molecule has 0 radical (unpaired) electrons. The fourth-order valence-corrected chi connectivity index (χ4v) is 1.71. The second-order valence-electron chi connectivity index (χ2n) is 3.06. The molecule has 0 saturated heterocycles. The molecular weight excluding hydrogens is 279 g/mol. The highest BCUT2D eigenvalue weighted by molar-refractivity contribution is 9.09. The summed E-state index contributed by atoms with van der Waals surface area (Å²) in [5.74, 6) is 0.646. The number of hydrogen-bond acceptors (Lipinski definition) is 2. The first kappa shape index (κ1) is 12.5. The maximum Gasteiger partial charge on any atom is 0.166 e. The lowest BCUT2D eigenvalue weighted by atomic mass is 10.1. The number of alkyl halides is 1. The van der Waals surface area contributed by atoms with Gasteiger partial charge in [-0.05, 0) is 24.6 Å². The van der Waals surface area contributed by atoms with E-state index in [1.807, 2.05) is 0 Å². The summed E-state index contributed by atoms with van der Waals surface area (Å²) in [5, 5.41) is 1.37. The average molecular weight is 292 g/mol. The number of carbonyl (C=O) groups is 1. The number of ketones is 1. The van der Waals surface area contributed by atoms with Gasteiger partial charge in [-0.2, -0.15) is 0 Å². The first-order chi connectivity index (χ1) is 7.19. The van der Waals surface area contributed by atoms with Crippen molar-refractivity contribution in [3.05, 3.63) is 28.8 Å². The van der Waals surface area contributed by atoms with Crippen molar-refractivity contribution in [3.8, 4) is 5.75 Å². The Kier molecular flexibility index (Phi) is 5.12. The zero-order valence-corrected chi connectivity index (χ0v) is 10.8. The Hall–Kier alpha value is -0.540. The Labute approximate surface area is 103 Å². The Morgan fingerprint density at radius 2 is 2.27 bits per heavy atom. The van der Waals surface area contributed by atoms with Crippen LogP contribution < -0.4 is 4.74 Å². The van der Waals surface area contributed by atoms with Crippen LogP contribution in [0.4, 0.5) is 0 Å². The van der Waals surface area contributed by atoms with Crippen molar-refractivity contribution in [2.45, 2.75) is 12.8 Å². The number of hydrogen-bond donors (Lipinski definition) is 0. The minimum absolute atomic E-state index is 0.0637. The predicted molar refractivity (Wildman–Crippen MR) is 65.4 cm³/mol. The molecule has 0 unspecified atom stereocenters. The summed E-state index contributed by atoms with van der Waals surface area (Å²) in [7, 11) is 1.55. The quantitative estimate of drug-likeness (QED) is 0.611. The molecule has 0 atom stereocenters. The second kappa shape index (κ2) is 6.13. The van der Waals surface area contributed by atoms with E-state index >= 15 is 0 Å². The summed E-state index contributed by atoms with van der Waals surface area (Å²) in [6.45, 7) is 0. The summed E-state index contributed by atoms with van der Waals surface area (Å²) in [6.07, 6.45) is 1.32. The molecule has 0 N–H and O–H groups in total. The monoisotopic (exact) mass is 290 g/mol. The molecule has 0 spiro atoms. The van der Waals surface area contributed by atoms with Gasteiger partial charge in [0.15, 0.2) is 5.78 Å². The number of halogens is 2. The molecule has 0 aliphatic carbocycles. The fourth-order valence-electron chi connectivity index (χ4n) is 1.26. The van der Waals surface area contributed by atoms with Crippen molar-refractivity contribution in [1.29, 1.82) is 0 Å². The molecule has 0 heterocycles. The number of carbonyl (C=O) groups excluding carboxylic acids is 1. The van der Waals surface area contributed by atoms with Crippen LogP contribution in [0, 0.1) is 0 Å². The van der Waals surface area contributed by atoms with Crippen molar-refractivity contribution >= 4 is 33.3 Å². The van der Waals surface area contributed by atoms with Gasteiger partial charge in [0.1, 0.15) is 5.75 Å². The first-order valence-corrected chi connectivity index (χ1v) is 6.11. The first-order valence-electron chi connectivity index (χ1n) is 4.61. The van der Waals surface area contributed by atoms with Crippen LogP contribution in [0.15, 0.2) is 18.2 Å². The number of benzene rings is 1. The third kappa shape index (κ3) is 3.50. The van der Waals surface area contributed by atoms with Gasteiger partial charge in [-0.1, -0.05) is 27.5 Å². The van der Waals surface area contributed by atoms with Gasteiger partial charge >= 0.3 is 0 Å². The van der Waals surface area contributed by atoms with Gasteiger partial charge in [0, 0.05) is 16.8 Å². The highest BCUT2D eigenvalue weighted by Crippen LogP contribution is 2.24. The van der Waals surface area contributed by atoms with Crippen LogP contribution in [0.25, 0.3) is 0 Å². The van der Waals surface area contributed by atoms with E-state index in [1.54, 1.807) is 25.3 Å². The zero-order valence-electron chi connectivity index (χ0n) is 8.43. The summed E-state index contributed by atoms with van der Waals surface area (Å²) in [5.41, 5.74) is 0.561. The topological polar surface area (TPSA) is 26.3 Å². The smallest absolute Gasteiger partial charge is 0.166 e. The Morgan fingerprint density at radius 1 is 1.53 bits per heavy atom. The van der Waals surface area contributed by atoms with Crippen LogP contribution >= 0.6 is 27.5 Å². The number of rotatable bonds is 5. The summed E-state index contributed by atoms with van der Waals surface area (Å²) < 4.78 is 5.11. The van der Waals surface area contributed by atoms with Crippen LogP contribution in [0.2, 0.25) is 5.02 Å². The lowest BCUT2D eigenvalue weighted by molar-refractivity contribution is 0.0979. The van der Waals surface area contributed by atoms with E-state index in [0.29, 0.717) is 22.8 Å². The molecule has 1 aromatic rings. The largest absolute Gasteiger partial charge is 0.496 e. The molecule has 0 aliphatic heterocycles. The van der Waals surface area contributed by atoms with Gasteiger partial charge in [0.05, 0.1) is 12.7 Å². The van der Waals surface area contributed by atoms with Crippen molar-refractivity contribution in [1.82, 2.24) is 0 Å². The average Bonchev–Trinajstić information content (AvgIpc) is 2.25. The van der Waals surface area contributed by atoms with E-state index in [1.165, 1.54) is 0 Å². The van der Waals surface area contributed by atoms with E-state index in [0.717, 1.165) is 11.8 Å². The maximum atomic E-state index is 11.8. The Morgan fingerprint density at radius 3 is 2.87 bits per heavy atom. The molecule has 0 aromatic heterocycles. The van der Waals surface area contributed by atoms with E-state index in [9.17, 15) is 4.79 Å². The summed E-state index contributed by atoms with van der Waals surface area (Å²) >= 11 is 9.13. The molecule has 4 heteroatoms. The van der Waals surface area contributed by atoms with Crippen molar-refractivity contribution < 1.29 is 9.53 Å². The molecule has 1 rings (SSSR count). The molecule has 0 aliphatic rings. The number of methoxy groups -OCH3 is 1. The predicted octanol–water partition coefficient (Wildman–Crippen LogP) is 3.71. The van der Waals surface area contributed by atoms with Gasteiger partial charge in [-0.25, -0.2) is 0 Å². The van der Waals surface area contributed by atoms with Gasteiger partial charge < -0.3 is 4.74 Å². The van der Waals surface area contributed by atoms with E-state index < -0.39 is 0 Å². The van der Waals surface area contributed by atoms with Gasteiger partial charge in [0.2, 0.25) is 0 Å². The van der Waals surface area contributed by atoms with Crippen LogP contribution in [-0.2, 0) is 0 Å². The number of Topliss-reactive ketones (excluding diaryl/α,β-unsaturated/α-hetero) is 1. The van der Waals surface area contributed by atoms with Crippen molar-refractivity contribution in [2.24, 2.45) is 0 Å². The molecule has 15 heavy (non-hydrogen) atoms. The second-order valence-corrected chi connectivity index (χ2v) is 4.29. The van der Waals surface area contributed by atoms with Crippen LogP contribution in [0.1, 0.15) is 23.2 Å². The lowest BCUT2D eigenvalue weighted by Gasteiger charge is -2.07.